The van der Waals surface area contributed by atoms with Gasteiger partial charge in [-0.3, -0.25) is 4.79 Å². The fourth-order valence-electron chi connectivity index (χ4n) is 3.53. The Balaban J connectivity index is 1.48. The van der Waals surface area contributed by atoms with Gasteiger partial charge in [-0.15, -0.1) is 0 Å². The molecule has 1 saturated heterocycles. The summed E-state index contributed by atoms with van der Waals surface area (Å²) in [6.45, 7) is 3.64. The quantitative estimate of drug-likeness (QED) is 0.741. The first-order valence-corrected chi connectivity index (χ1v) is 9.70. The molecule has 1 amide bonds. The van der Waals surface area contributed by atoms with Gasteiger partial charge in [0.25, 0.3) is 0 Å². The highest BCUT2D eigenvalue weighted by Crippen LogP contribution is 2.25. The maximum atomic E-state index is 12.7. The molecule has 2 aromatic carbocycles. The monoisotopic (exact) mass is 372 g/mol. The molecule has 5 nitrogen and oxygen atoms in total. The van der Waals surface area contributed by atoms with E-state index in [9.17, 15) is 4.79 Å². The summed E-state index contributed by atoms with van der Waals surface area (Å²) in [6.07, 6.45) is 3.66. The Morgan fingerprint density at radius 2 is 1.86 bits per heavy atom. The molecule has 0 aliphatic carbocycles. The molecule has 0 bridgehead atoms. The van der Waals surface area contributed by atoms with Gasteiger partial charge >= 0.3 is 0 Å². The minimum Gasteiger partial charge on any atom is -0.356 e. The normalized spacial score (nSPS) is 16.6. The number of aryl methyl sites for hydroxylation is 1. The lowest BCUT2D eigenvalue weighted by atomic mass is 9.97. The lowest BCUT2D eigenvalue weighted by Gasteiger charge is -2.33. The van der Waals surface area contributed by atoms with E-state index >= 15 is 0 Å². The Morgan fingerprint density at radius 3 is 2.64 bits per heavy atom. The molecule has 28 heavy (non-hydrogen) atoms. The predicted octanol–water partition coefficient (Wildman–Crippen LogP) is 4.31. The Bertz CT molecular complexity index is 940. The SMILES string of the molecule is Cc1ccc(-c2nccc(N3CCCC(C(=O)Nc4ccccc4)C3)n2)cc1. The summed E-state index contributed by atoms with van der Waals surface area (Å²) in [5, 5.41) is 3.03. The molecule has 1 aromatic heterocycles. The fourth-order valence-corrected chi connectivity index (χ4v) is 3.53. The van der Waals surface area contributed by atoms with Crippen LogP contribution in [0.2, 0.25) is 0 Å². The maximum Gasteiger partial charge on any atom is 0.229 e. The van der Waals surface area contributed by atoms with Crippen molar-refractivity contribution in [2.75, 3.05) is 23.3 Å². The lowest BCUT2D eigenvalue weighted by molar-refractivity contribution is -0.120. The van der Waals surface area contributed by atoms with Crippen molar-refractivity contribution in [2.45, 2.75) is 19.8 Å². The summed E-state index contributed by atoms with van der Waals surface area (Å²) in [5.74, 6) is 1.62. The number of hydrogen-bond donors (Lipinski definition) is 1. The van der Waals surface area contributed by atoms with E-state index in [4.69, 9.17) is 4.98 Å². The average molecular weight is 372 g/mol. The molecule has 0 saturated carbocycles. The Morgan fingerprint density at radius 1 is 1.07 bits per heavy atom. The number of piperidine rings is 1. The molecule has 142 valence electrons. The van der Waals surface area contributed by atoms with Gasteiger partial charge in [0.2, 0.25) is 5.91 Å². The standard InChI is InChI=1S/C23H24N4O/c1-17-9-11-18(12-10-17)22-24-14-13-21(26-22)27-15-5-6-19(16-27)23(28)25-20-7-3-2-4-8-20/h2-4,7-14,19H,5-6,15-16H2,1H3,(H,25,28). The van der Waals surface area contributed by atoms with Crippen LogP contribution in [0.5, 0.6) is 0 Å². The third-order valence-corrected chi connectivity index (χ3v) is 5.11. The molecule has 1 atom stereocenters. The fraction of sp³-hybridized carbons (Fsp3) is 0.261. The summed E-state index contributed by atoms with van der Waals surface area (Å²) >= 11 is 0. The van der Waals surface area contributed by atoms with Crippen LogP contribution in [0.25, 0.3) is 11.4 Å². The van der Waals surface area contributed by atoms with Gasteiger partial charge in [0.05, 0.1) is 5.92 Å². The van der Waals surface area contributed by atoms with Crippen LogP contribution in [-0.4, -0.2) is 29.0 Å². The third kappa shape index (κ3) is 4.19. The largest absolute Gasteiger partial charge is 0.356 e. The van der Waals surface area contributed by atoms with E-state index in [1.807, 2.05) is 48.5 Å². The minimum atomic E-state index is -0.0493. The summed E-state index contributed by atoms with van der Waals surface area (Å²) in [7, 11) is 0. The van der Waals surface area contributed by atoms with Crippen molar-refractivity contribution in [3.05, 3.63) is 72.4 Å². The molecule has 3 aromatic rings. The number of benzene rings is 2. The second kappa shape index (κ2) is 8.21. The van der Waals surface area contributed by atoms with Crippen molar-refractivity contribution in [1.82, 2.24) is 9.97 Å². The van der Waals surface area contributed by atoms with E-state index in [0.29, 0.717) is 12.4 Å². The van der Waals surface area contributed by atoms with Crippen molar-refractivity contribution < 1.29 is 4.79 Å². The number of rotatable bonds is 4. The zero-order valence-corrected chi connectivity index (χ0v) is 16.0. The van der Waals surface area contributed by atoms with Crippen LogP contribution < -0.4 is 10.2 Å². The highest BCUT2D eigenvalue weighted by Gasteiger charge is 2.26. The van der Waals surface area contributed by atoms with Crippen molar-refractivity contribution in [2.24, 2.45) is 5.92 Å². The molecule has 2 heterocycles. The lowest BCUT2D eigenvalue weighted by Crippen LogP contribution is -2.41. The van der Waals surface area contributed by atoms with Gasteiger partial charge in [0.15, 0.2) is 5.82 Å². The predicted molar refractivity (Wildman–Crippen MR) is 112 cm³/mol. The van der Waals surface area contributed by atoms with Crippen LogP contribution in [0.4, 0.5) is 11.5 Å². The molecular formula is C23H24N4O. The molecular weight excluding hydrogens is 348 g/mol. The maximum absolute atomic E-state index is 12.7. The second-order valence-electron chi connectivity index (χ2n) is 7.24. The number of carbonyl (C=O) groups excluding carboxylic acids is 1. The number of nitrogens with zero attached hydrogens (tertiary/aromatic N) is 3. The summed E-state index contributed by atoms with van der Waals surface area (Å²) in [4.78, 5) is 24.1. The number of aromatic nitrogens is 2. The van der Waals surface area contributed by atoms with Crippen LogP contribution in [0.15, 0.2) is 66.9 Å². The van der Waals surface area contributed by atoms with Crippen LogP contribution in [0, 0.1) is 12.8 Å². The zero-order valence-electron chi connectivity index (χ0n) is 16.0. The van der Waals surface area contributed by atoms with Crippen LogP contribution in [0.3, 0.4) is 0 Å². The molecule has 1 unspecified atom stereocenters. The van der Waals surface area contributed by atoms with E-state index in [-0.39, 0.29) is 11.8 Å². The van der Waals surface area contributed by atoms with E-state index in [1.165, 1.54) is 5.56 Å². The molecule has 0 spiro atoms. The van der Waals surface area contributed by atoms with E-state index in [0.717, 1.165) is 36.5 Å². The van der Waals surface area contributed by atoms with E-state index < -0.39 is 0 Å². The van der Waals surface area contributed by atoms with Crippen molar-refractivity contribution in [3.8, 4) is 11.4 Å². The first-order valence-electron chi connectivity index (χ1n) is 9.70. The van der Waals surface area contributed by atoms with E-state index in [2.05, 4.69) is 34.3 Å². The van der Waals surface area contributed by atoms with Crippen LogP contribution in [-0.2, 0) is 4.79 Å². The molecule has 1 N–H and O–H groups in total. The topological polar surface area (TPSA) is 58.1 Å². The van der Waals surface area contributed by atoms with E-state index in [1.54, 1.807) is 6.20 Å². The van der Waals surface area contributed by atoms with Gasteiger partial charge < -0.3 is 10.2 Å². The number of nitrogens with one attached hydrogen (secondary N) is 1. The van der Waals surface area contributed by atoms with Crippen molar-refractivity contribution in [3.63, 3.8) is 0 Å². The molecule has 5 heteroatoms. The first kappa shape index (κ1) is 18.2. The number of hydrogen-bond acceptors (Lipinski definition) is 4. The minimum absolute atomic E-state index is 0.0493. The number of amides is 1. The summed E-state index contributed by atoms with van der Waals surface area (Å²) in [5.41, 5.74) is 3.05. The van der Waals surface area contributed by atoms with Gasteiger partial charge in [-0.2, -0.15) is 0 Å². The first-order chi connectivity index (χ1) is 13.7. The number of anilines is 2. The summed E-state index contributed by atoms with van der Waals surface area (Å²) in [6, 6.07) is 19.8. The smallest absolute Gasteiger partial charge is 0.229 e. The number of para-hydroxylation sites is 1. The molecule has 1 aliphatic heterocycles. The summed E-state index contributed by atoms with van der Waals surface area (Å²) < 4.78 is 0. The molecule has 1 fully saturated rings. The van der Waals surface area contributed by atoms with Gasteiger partial charge in [-0.05, 0) is 38.0 Å². The van der Waals surface area contributed by atoms with Gasteiger partial charge in [-0.25, -0.2) is 9.97 Å². The van der Waals surface area contributed by atoms with Crippen LogP contribution in [0.1, 0.15) is 18.4 Å². The Labute approximate surface area is 165 Å². The zero-order chi connectivity index (χ0) is 19.3. The van der Waals surface area contributed by atoms with Gasteiger partial charge in [0.1, 0.15) is 5.82 Å². The van der Waals surface area contributed by atoms with Gasteiger partial charge in [-0.1, -0.05) is 48.0 Å². The molecule has 0 radical (unpaired) electrons. The molecule has 1 aliphatic rings. The van der Waals surface area contributed by atoms with Crippen LogP contribution >= 0.6 is 0 Å². The van der Waals surface area contributed by atoms with Gasteiger partial charge in [0, 0.05) is 30.5 Å². The number of carbonyl (C=O) groups is 1. The molecule has 4 rings (SSSR count). The van der Waals surface area contributed by atoms with Crippen molar-refractivity contribution >= 4 is 17.4 Å². The second-order valence-corrected chi connectivity index (χ2v) is 7.24. The third-order valence-electron chi connectivity index (χ3n) is 5.11. The average Bonchev–Trinajstić information content (AvgIpc) is 2.75. The van der Waals surface area contributed by atoms with Crippen molar-refractivity contribution in [1.29, 1.82) is 0 Å². The highest BCUT2D eigenvalue weighted by molar-refractivity contribution is 5.93. The Kier molecular flexibility index (Phi) is 5.33. The Hall–Kier alpha value is -3.21. The highest BCUT2D eigenvalue weighted by atomic mass is 16.1.